The summed E-state index contributed by atoms with van der Waals surface area (Å²) in [5.74, 6) is -0.620. The summed E-state index contributed by atoms with van der Waals surface area (Å²) in [6.07, 6.45) is 1.63. The molecule has 27 heavy (non-hydrogen) atoms. The quantitative estimate of drug-likeness (QED) is 0.630. The Morgan fingerprint density at radius 2 is 1.85 bits per heavy atom. The first-order chi connectivity index (χ1) is 12.8. The third kappa shape index (κ3) is 4.04. The predicted molar refractivity (Wildman–Crippen MR) is 101 cm³/mol. The summed E-state index contributed by atoms with van der Waals surface area (Å²) in [4.78, 5) is 23.6. The van der Waals surface area contributed by atoms with Crippen molar-refractivity contribution in [3.63, 3.8) is 0 Å². The molecule has 9 heteroatoms. The third-order valence-corrected chi connectivity index (χ3v) is 5.88. The van der Waals surface area contributed by atoms with Crippen molar-refractivity contribution in [3.8, 4) is 0 Å². The van der Waals surface area contributed by atoms with E-state index in [0.717, 1.165) is 15.2 Å². The molecule has 0 saturated carbocycles. The Morgan fingerprint density at radius 1 is 1.15 bits per heavy atom. The van der Waals surface area contributed by atoms with Gasteiger partial charge in [-0.25, -0.2) is 8.42 Å². The summed E-state index contributed by atoms with van der Waals surface area (Å²) in [7, 11) is -2.52. The van der Waals surface area contributed by atoms with Crippen molar-refractivity contribution in [1.82, 2.24) is 14.5 Å². The lowest BCUT2D eigenvalue weighted by molar-refractivity contribution is -0.116. The zero-order valence-electron chi connectivity index (χ0n) is 14.8. The first-order valence-corrected chi connectivity index (χ1v) is 9.52. The molecule has 0 unspecified atom stereocenters. The van der Waals surface area contributed by atoms with Gasteiger partial charge in [-0.2, -0.15) is 9.40 Å². The first-order valence-electron chi connectivity index (χ1n) is 8.08. The average Bonchev–Trinajstić information content (AvgIpc) is 3.09. The molecule has 0 aliphatic heterocycles. The van der Waals surface area contributed by atoms with Crippen LogP contribution in [0.25, 0.3) is 10.9 Å². The number of amides is 1. The molecule has 0 aliphatic rings. The summed E-state index contributed by atoms with van der Waals surface area (Å²) < 4.78 is 26.1. The number of anilines is 1. The van der Waals surface area contributed by atoms with Gasteiger partial charge >= 0.3 is 0 Å². The number of sulfonamides is 1. The van der Waals surface area contributed by atoms with E-state index in [1.807, 2.05) is 0 Å². The fraction of sp³-hybridized carbons (Fsp3) is 0.167. The smallest absolute Gasteiger partial charge is 0.243 e. The number of fused-ring (bicyclic) bond motifs is 1. The molecule has 140 valence electrons. The molecule has 8 nitrogen and oxygen atoms in total. The Kier molecular flexibility index (Phi) is 5.06. The fourth-order valence-corrected chi connectivity index (χ4v) is 3.68. The highest BCUT2D eigenvalue weighted by molar-refractivity contribution is 7.89. The molecule has 0 saturated heterocycles. The number of ketones is 1. The number of Topliss-reactive ketones (excluding diaryl/α,β-unsaturated/α-hetero) is 1. The Labute approximate surface area is 156 Å². The number of benzene rings is 2. The first kappa shape index (κ1) is 18.7. The molecular weight excluding hydrogens is 368 g/mol. The van der Waals surface area contributed by atoms with E-state index >= 15 is 0 Å². The summed E-state index contributed by atoms with van der Waals surface area (Å²) in [6, 6.07) is 10.8. The highest BCUT2D eigenvalue weighted by atomic mass is 32.2. The lowest BCUT2D eigenvalue weighted by atomic mass is 10.2. The minimum Gasteiger partial charge on any atom is -0.325 e. The average molecular weight is 386 g/mol. The van der Waals surface area contributed by atoms with Crippen LogP contribution >= 0.6 is 0 Å². The lowest BCUT2D eigenvalue weighted by Gasteiger charge is -2.17. The zero-order chi connectivity index (χ0) is 19.6. The Morgan fingerprint density at radius 3 is 2.52 bits per heavy atom. The Balaban J connectivity index is 1.69. The second-order valence-electron chi connectivity index (χ2n) is 6.06. The Bertz CT molecular complexity index is 1100. The van der Waals surface area contributed by atoms with Crippen LogP contribution in [0.4, 0.5) is 5.69 Å². The van der Waals surface area contributed by atoms with Gasteiger partial charge in [-0.05, 0) is 37.3 Å². The number of rotatable bonds is 6. The number of aromatic nitrogens is 2. The number of carbonyl (C=O) groups excluding carboxylic acids is 2. The molecule has 0 spiro atoms. The van der Waals surface area contributed by atoms with E-state index in [4.69, 9.17) is 0 Å². The molecule has 0 aliphatic carbocycles. The summed E-state index contributed by atoms with van der Waals surface area (Å²) in [6.45, 7) is 1.06. The van der Waals surface area contributed by atoms with E-state index in [-0.39, 0.29) is 17.2 Å². The molecule has 2 aromatic carbocycles. The van der Waals surface area contributed by atoms with Crippen molar-refractivity contribution in [2.24, 2.45) is 0 Å². The van der Waals surface area contributed by atoms with Crippen molar-refractivity contribution < 1.29 is 18.0 Å². The van der Waals surface area contributed by atoms with Gasteiger partial charge in [0.05, 0.1) is 23.2 Å². The lowest BCUT2D eigenvalue weighted by Crippen LogP contribution is -2.35. The number of likely N-dealkylation sites (N-methyl/N-ethyl adjacent to an activating group) is 1. The van der Waals surface area contributed by atoms with Crippen LogP contribution in [0, 0.1) is 0 Å². The van der Waals surface area contributed by atoms with Gasteiger partial charge in [0.2, 0.25) is 15.9 Å². The predicted octanol–water partition coefficient (Wildman–Crippen LogP) is 2.02. The SMILES string of the molecule is CC(=O)c1ccc(S(=O)(=O)N(C)CC(=O)Nc2ccc3[nH]ncc3c2)cc1. The maximum absolute atomic E-state index is 12.6. The van der Waals surface area contributed by atoms with Crippen molar-refractivity contribution in [2.75, 3.05) is 18.9 Å². The van der Waals surface area contributed by atoms with Crippen LogP contribution < -0.4 is 5.32 Å². The highest BCUT2D eigenvalue weighted by Gasteiger charge is 2.23. The van der Waals surface area contributed by atoms with Gasteiger partial charge < -0.3 is 5.32 Å². The van der Waals surface area contributed by atoms with E-state index in [2.05, 4.69) is 15.5 Å². The molecule has 0 atom stereocenters. The van der Waals surface area contributed by atoms with E-state index in [1.165, 1.54) is 38.2 Å². The van der Waals surface area contributed by atoms with Gasteiger partial charge in [0.25, 0.3) is 0 Å². The summed E-state index contributed by atoms with van der Waals surface area (Å²) in [5, 5.41) is 10.2. The fourth-order valence-electron chi connectivity index (χ4n) is 2.55. The van der Waals surface area contributed by atoms with Crippen LogP contribution in [-0.4, -0.2) is 48.2 Å². The standard InChI is InChI=1S/C18H18N4O4S/c1-12(23)13-3-6-16(7-4-13)27(25,26)22(2)11-18(24)20-15-5-8-17-14(9-15)10-19-21-17/h3-10H,11H2,1-2H3,(H,19,21)(H,20,24). The molecule has 1 amide bonds. The Hall–Kier alpha value is -3.04. The van der Waals surface area contributed by atoms with E-state index in [1.54, 1.807) is 24.4 Å². The third-order valence-electron chi connectivity index (χ3n) is 4.06. The van der Waals surface area contributed by atoms with Crippen LogP contribution in [0.2, 0.25) is 0 Å². The number of carbonyl (C=O) groups is 2. The maximum atomic E-state index is 12.6. The molecule has 3 rings (SSSR count). The van der Waals surface area contributed by atoms with Crippen molar-refractivity contribution in [1.29, 1.82) is 0 Å². The molecule has 3 aromatic rings. The molecule has 2 N–H and O–H groups in total. The molecular formula is C18H18N4O4S. The van der Waals surface area contributed by atoms with Gasteiger partial charge in [0.15, 0.2) is 5.78 Å². The van der Waals surface area contributed by atoms with Gasteiger partial charge in [-0.3, -0.25) is 14.7 Å². The minimum absolute atomic E-state index is 0.0163. The largest absolute Gasteiger partial charge is 0.325 e. The van der Waals surface area contributed by atoms with Crippen molar-refractivity contribution in [3.05, 3.63) is 54.2 Å². The van der Waals surface area contributed by atoms with Crippen LogP contribution in [0.15, 0.2) is 53.6 Å². The number of hydrogen-bond acceptors (Lipinski definition) is 5. The van der Waals surface area contributed by atoms with Gasteiger partial charge in [0.1, 0.15) is 0 Å². The van der Waals surface area contributed by atoms with Crippen LogP contribution in [0.1, 0.15) is 17.3 Å². The second-order valence-corrected chi connectivity index (χ2v) is 8.11. The number of nitrogens with zero attached hydrogens (tertiary/aromatic N) is 2. The normalized spacial score (nSPS) is 11.7. The summed E-state index contributed by atoms with van der Waals surface area (Å²) in [5.41, 5.74) is 1.80. The molecule has 0 bridgehead atoms. The molecule has 0 fully saturated rings. The van der Waals surface area contributed by atoms with E-state index < -0.39 is 15.9 Å². The van der Waals surface area contributed by atoms with E-state index in [0.29, 0.717) is 11.3 Å². The second kappa shape index (κ2) is 7.29. The molecule has 1 heterocycles. The van der Waals surface area contributed by atoms with Crippen molar-refractivity contribution in [2.45, 2.75) is 11.8 Å². The van der Waals surface area contributed by atoms with Crippen LogP contribution in [-0.2, 0) is 14.8 Å². The van der Waals surface area contributed by atoms with Gasteiger partial charge in [-0.15, -0.1) is 0 Å². The minimum atomic E-state index is -3.85. The van der Waals surface area contributed by atoms with Crippen LogP contribution in [0.3, 0.4) is 0 Å². The van der Waals surface area contributed by atoms with Crippen LogP contribution in [0.5, 0.6) is 0 Å². The van der Waals surface area contributed by atoms with E-state index in [9.17, 15) is 18.0 Å². The zero-order valence-corrected chi connectivity index (χ0v) is 15.6. The maximum Gasteiger partial charge on any atom is 0.243 e. The van der Waals surface area contributed by atoms with Crippen molar-refractivity contribution >= 4 is 38.3 Å². The number of aromatic amines is 1. The van der Waals surface area contributed by atoms with Gasteiger partial charge in [-0.1, -0.05) is 12.1 Å². The number of H-pyrrole nitrogens is 1. The number of nitrogens with one attached hydrogen (secondary N) is 2. The topological polar surface area (TPSA) is 112 Å². The number of hydrogen-bond donors (Lipinski definition) is 2. The summed E-state index contributed by atoms with van der Waals surface area (Å²) >= 11 is 0. The molecule has 0 radical (unpaired) electrons. The van der Waals surface area contributed by atoms with Gasteiger partial charge in [0, 0.05) is 23.7 Å². The molecule has 1 aromatic heterocycles. The highest BCUT2D eigenvalue weighted by Crippen LogP contribution is 2.18. The monoisotopic (exact) mass is 386 g/mol.